The average Bonchev–Trinajstić information content (AvgIpc) is 3.41. The van der Waals surface area contributed by atoms with Gasteiger partial charge < -0.3 is 35.7 Å². The van der Waals surface area contributed by atoms with Crippen LogP contribution in [0.15, 0.2) is 25.0 Å². The van der Waals surface area contributed by atoms with E-state index in [9.17, 15) is 10.2 Å². The second-order valence-corrected chi connectivity index (χ2v) is 6.87. The summed E-state index contributed by atoms with van der Waals surface area (Å²) in [6.07, 6.45) is 5.29. The summed E-state index contributed by atoms with van der Waals surface area (Å²) in [6, 6.07) is 0. The number of anilines is 2. The molecule has 3 aromatic rings. The fourth-order valence-electron chi connectivity index (χ4n) is 3.48. The van der Waals surface area contributed by atoms with Crippen LogP contribution in [0.25, 0.3) is 11.2 Å². The van der Waals surface area contributed by atoms with E-state index in [4.69, 9.17) is 20.9 Å². The summed E-state index contributed by atoms with van der Waals surface area (Å²) in [5.74, 6) is 0.136. The van der Waals surface area contributed by atoms with Gasteiger partial charge in [0.1, 0.15) is 23.8 Å². The zero-order valence-electron chi connectivity index (χ0n) is 15.7. The van der Waals surface area contributed by atoms with Gasteiger partial charge in [0.05, 0.1) is 19.3 Å². The van der Waals surface area contributed by atoms with Crippen molar-refractivity contribution in [3.8, 4) is 0 Å². The molecule has 0 radical (unpaired) electrons. The molecule has 0 aromatic carbocycles. The standard InChI is InChI=1S/C17H24N8O4/c18-14-11-15(23-17(19)22-14)25(9-21-11)16-12(27)13(10(7-26)29-16)28-6-2-1-4-24-5-3-20-8-24/h3,5,8-10,12-13,16,26-27H,1-2,4,6-7H2,(H4,18,19,22,23)/t10-,12-,13-,16-/m1/s1. The fraction of sp³-hybridized carbons (Fsp3) is 0.529. The first-order valence-electron chi connectivity index (χ1n) is 9.35. The number of hydrogen-bond donors (Lipinski definition) is 4. The van der Waals surface area contributed by atoms with Crippen molar-refractivity contribution in [2.45, 2.75) is 43.9 Å². The fourth-order valence-corrected chi connectivity index (χ4v) is 3.48. The number of aryl methyl sites for hydroxylation is 1. The van der Waals surface area contributed by atoms with Crippen molar-refractivity contribution in [3.05, 3.63) is 25.0 Å². The van der Waals surface area contributed by atoms with Gasteiger partial charge in [-0.3, -0.25) is 4.57 Å². The summed E-state index contributed by atoms with van der Waals surface area (Å²) < 4.78 is 15.2. The Labute approximate surface area is 166 Å². The van der Waals surface area contributed by atoms with Crippen LogP contribution in [-0.2, 0) is 16.0 Å². The lowest BCUT2D eigenvalue weighted by Gasteiger charge is -2.20. The van der Waals surface area contributed by atoms with Crippen LogP contribution in [0.3, 0.4) is 0 Å². The second kappa shape index (κ2) is 8.29. The maximum atomic E-state index is 10.8. The molecule has 0 amide bonds. The maximum absolute atomic E-state index is 10.8. The van der Waals surface area contributed by atoms with Crippen molar-refractivity contribution in [2.75, 3.05) is 24.7 Å². The minimum atomic E-state index is -1.03. The molecule has 0 saturated carbocycles. The van der Waals surface area contributed by atoms with Gasteiger partial charge in [-0.05, 0) is 12.8 Å². The maximum Gasteiger partial charge on any atom is 0.224 e. The molecular formula is C17H24N8O4. The summed E-state index contributed by atoms with van der Waals surface area (Å²) >= 11 is 0. The predicted octanol–water partition coefficient (Wildman–Crippen LogP) is -0.697. The summed E-state index contributed by atoms with van der Waals surface area (Å²) in [5.41, 5.74) is 12.2. The highest BCUT2D eigenvalue weighted by atomic mass is 16.6. The highest BCUT2D eigenvalue weighted by molar-refractivity contribution is 5.82. The van der Waals surface area contributed by atoms with Gasteiger partial charge in [-0.2, -0.15) is 9.97 Å². The Kier molecular flexibility index (Phi) is 5.58. The minimum Gasteiger partial charge on any atom is -0.394 e. The number of fused-ring (bicyclic) bond motifs is 1. The number of nitrogen functional groups attached to an aromatic ring is 2. The van der Waals surface area contributed by atoms with Crippen molar-refractivity contribution >= 4 is 22.9 Å². The molecule has 12 nitrogen and oxygen atoms in total. The summed E-state index contributed by atoms with van der Waals surface area (Å²) in [4.78, 5) is 16.2. The van der Waals surface area contributed by atoms with E-state index in [1.807, 2.05) is 10.8 Å². The van der Waals surface area contributed by atoms with E-state index in [1.54, 1.807) is 12.5 Å². The number of nitrogens with zero attached hydrogens (tertiary/aromatic N) is 6. The van der Waals surface area contributed by atoms with Gasteiger partial charge in [0.25, 0.3) is 0 Å². The molecule has 12 heteroatoms. The molecule has 1 aliphatic heterocycles. The number of nitrogens with two attached hydrogens (primary N) is 2. The minimum absolute atomic E-state index is 0.00589. The van der Waals surface area contributed by atoms with E-state index in [0.29, 0.717) is 17.8 Å². The van der Waals surface area contributed by atoms with E-state index >= 15 is 0 Å². The highest BCUT2D eigenvalue weighted by Crippen LogP contribution is 2.33. The first-order valence-corrected chi connectivity index (χ1v) is 9.35. The third-order valence-electron chi connectivity index (χ3n) is 4.91. The normalized spacial score (nSPS) is 24.5. The van der Waals surface area contributed by atoms with E-state index in [2.05, 4.69) is 19.9 Å². The van der Waals surface area contributed by atoms with E-state index < -0.39 is 24.5 Å². The largest absolute Gasteiger partial charge is 0.394 e. The Morgan fingerprint density at radius 3 is 2.83 bits per heavy atom. The average molecular weight is 404 g/mol. The third kappa shape index (κ3) is 3.87. The smallest absolute Gasteiger partial charge is 0.224 e. The van der Waals surface area contributed by atoms with Crippen LogP contribution in [0, 0.1) is 0 Å². The number of ether oxygens (including phenoxy) is 2. The monoisotopic (exact) mass is 404 g/mol. The van der Waals surface area contributed by atoms with Crippen LogP contribution in [0.5, 0.6) is 0 Å². The first kappa shape index (κ1) is 19.5. The van der Waals surface area contributed by atoms with Crippen molar-refractivity contribution in [2.24, 2.45) is 0 Å². The van der Waals surface area contributed by atoms with Gasteiger partial charge in [-0.25, -0.2) is 9.97 Å². The van der Waals surface area contributed by atoms with Crippen molar-refractivity contribution < 1.29 is 19.7 Å². The Morgan fingerprint density at radius 2 is 2.07 bits per heavy atom. The number of unbranched alkanes of at least 4 members (excludes halogenated alkanes) is 1. The molecule has 4 heterocycles. The Hall–Kier alpha value is -2.80. The SMILES string of the molecule is Nc1nc(N)c2ncn([C@@H]3O[C@H](CO)[C@@H](OCCCCn4ccnc4)[C@H]3O)c2n1. The molecule has 3 aromatic heterocycles. The molecular weight excluding hydrogens is 380 g/mol. The number of aliphatic hydroxyl groups excluding tert-OH is 2. The van der Waals surface area contributed by atoms with E-state index in [-0.39, 0.29) is 18.4 Å². The van der Waals surface area contributed by atoms with Gasteiger partial charge in [-0.15, -0.1) is 0 Å². The van der Waals surface area contributed by atoms with Crippen molar-refractivity contribution in [1.82, 2.24) is 29.1 Å². The van der Waals surface area contributed by atoms with Gasteiger partial charge in [0, 0.05) is 25.5 Å². The van der Waals surface area contributed by atoms with Crippen LogP contribution >= 0.6 is 0 Å². The summed E-state index contributed by atoms with van der Waals surface area (Å²) in [5, 5.41) is 20.5. The molecule has 0 spiro atoms. The van der Waals surface area contributed by atoms with Crippen molar-refractivity contribution in [1.29, 1.82) is 0 Å². The Bertz CT molecular complexity index is 946. The Morgan fingerprint density at radius 1 is 1.21 bits per heavy atom. The number of rotatable bonds is 8. The van der Waals surface area contributed by atoms with Gasteiger partial charge in [0.2, 0.25) is 5.95 Å². The van der Waals surface area contributed by atoms with Crippen LogP contribution in [0.4, 0.5) is 11.8 Å². The lowest BCUT2D eigenvalue weighted by atomic mass is 10.1. The molecule has 6 N–H and O–H groups in total. The van der Waals surface area contributed by atoms with E-state index in [0.717, 1.165) is 19.4 Å². The Balaban J connectivity index is 1.41. The molecule has 156 valence electrons. The summed E-state index contributed by atoms with van der Waals surface area (Å²) in [7, 11) is 0. The molecule has 4 rings (SSSR count). The molecule has 0 aliphatic carbocycles. The van der Waals surface area contributed by atoms with Gasteiger partial charge in [-0.1, -0.05) is 0 Å². The quantitative estimate of drug-likeness (QED) is 0.352. The van der Waals surface area contributed by atoms with Crippen molar-refractivity contribution in [3.63, 3.8) is 0 Å². The molecule has 0 unspecified atom stereocenters. The predicted molar refractivity (Wildman–Crippen MR) is 102 cm³/mol. The highest BCUT2D eigenvalue weighted by Gasteiger charge is 2.45. The van der Waals surface area contributed by atoms with Crippen LogP contribution < -0.4 is 11.5 Å². The lowest BCUT2D eigenvalue weighted by molar-refractivity contribution is -0.0609. The molecule has 29 heavy (non-hydrogen) atoms. The second-order valence-electron chi connectivity index (χ2n) is 6.87. The molecule has 1 fully saturated rings. The third-order valence-corrected chi connectivity index (χ3v) is 4.91. The zero-order valence-corrected chi connectivity index (χ0v) is 15.7. The molecule has 4 atom stereocenters. The number of hydrogen-bond acceptors (Lipinski definition) is 10. The van der Waals surface area contributed by atoms with Crippen LogP contribution in [0.2, 0.25) is 0 Å². The first-order chi connectivity index (χ1) is 14.1. The molecule has 1 aliphatic rings. The number of imidazole rings is 2. The van der Waals surface area contributed by atoms with E-state index in [1.165, 1.54) is 10.9 Å². The van der Waals surface area contributed by atoms with Crippen LogP contribution in [0.1, 0.15) is 19.1 Å². The number of aromatic nitrogens is 6. The molecule has 1 saturated heterocycles. The lowest BCUT2D eigenvalue weighted by Crippen LogP contribution is -2.36. The number of aliphatic hydroxyl groups is 2. The molecule has 0 bridgehead atoms. The van der Waals surface area contributed by atoms with Gasteiger partial charge >= 0.3 is 0 Å². The topological polar surface area (TPSA) is 172 Å². The zero-order chi connectivity index (χ0) is 20.4. The van der Waals surface area contributed by atoms with Gasteiger partial charge in [0.15, 0.2) is 17.7 Å². The van der Waals surface area contributed by atoms with Crippen LogP contribution in [-0.4, -0.2) is 70.8 Å². The summed E-state index contributed by atoms with van der Waals surface area (Å²) in [6.45, 7) is 0.970.